The lowest BCUT2D eigenvalue weighted by atomic mass is 10.1. The fourth-order valence-corrected chi connectivity index (χ4v) is 2.10. The summed E-state index contributed by atoms with van der Waals surface area (Å²) in [4.78, 5) is 47.2. The number of carbonyl (C=O) groups excluding carboxylic acids is 3. The van der Waals surface area contributed by atoms with Gasteiger partial charge in [0.2, 0.25) is 17.7 Å². The fraction of sp³-hybridized carbons (Fsp3) is 0.714. The van der Waals surface area contributed by atoms with Crippen molar-refractivity contribution in [3.8, 4) is 0 Å². The molecule has 0 radical (unpaired) electrons. The lowest BCUT2D eigenvalue weighted by Gasteiger charge is -2.26. The van der Waals surface area contributed by atoms with Gasteiger partial charge in [0.05, 0.1) is 18.8 Å². The van der Waals surface area contributed by atoms with Crippen LogP contribution in [-0.2, 0) is 19.2 Å². The zero-order chi connectivity index (χ0) is 21.3. The molecule has 0 aromatic carbocycles. The predicted molar refractivity (Wildman–Crippen MR) is 95.7 cm³/mol. The van der Waals surface area contributed by atoms with E-state index in [0.717, 1.165) is 6.92 Å². The summed E-state index contributed by atoms with van der Waals surface area (Å²) in [5.41, 5.74) is 5.33. The van der Waals surface area contributed by atoms with E-state index in [1.807, 2.05) is 5.32 Å². The zero-order valence-electron chi connectivity index (χ0n) is 14.8. The van der Waals surface area contributed by atoms with E-state index in [9.17, 15) is 29.4 Å². The van der Waals surface area contributed by atoms with Gasteiger partial charge in [0.1, 0.15) is 18.1 Å². The number of amides is 3. The normalized spacial score (nSPS) is 17.6. The molecule has 0 fully saturated rings. The third-order valence-corrected chi connectivity index (χ3v) is 3.82. The van der Waals surface area contributed by atoms with Crippen molar-refractivity contribution in [2.24, 2.45) is 5.73 Å². The topological polar surface area (TPSA) is 211 Å². The van der Waals surface area contributed by atoms with Crippen LogP contribution < -0.4 is 21.7 Å². The van der Waals surface area contributed by atoms with Crippen LogP contribution in [0.4, 0.5) is 0 Å². The van der Waals surface area contributed by atoms with Gasteiger partial charge < -0.3 is 42.1 Å². The summed E-state index contributed by atoms with van der Waals surface area (Å²) in [5.74, 6) is -4.47. The third-order valence-electron chi connectivity index (χ3n) is 3.46. The molecular formula is C14H26N4O8S. The highest BCUT2D eigenvalue weighted by molar-refractivity contribution is 7.80. The minimum Gasteiger partial charge on any atom is -0.480 e. The molecule has 0 bridgehead atoms. The maximum Gasteiger partial charge on any atom is 0.328 e. The molecule has 0 spiro atoms. The highest BCUT2D eigenvalue weighted by Gasteiger charge is 2.33. The van der Waals surface area contributed by atoms with Crippen LogP contribution in [0.1, 0.15) is 13.8 Å². The Hall–Kier alpha value is -1.93. The molecule has 6 unspecified atom stereocenters. The zero-order valence-corrected chi connectivity index (χ0v) is 15.7. The van der Waals surface area contributed by atoms with Crippen molar-refractivity contribution in [2.75, 3.05) is 12.4 Å². The Balaban J connectivity index is 5.16. The minimum atomic E-state index is -1.65. The van der Waals surface area contributed by atoms with Crippen molar-refractivity contribution in [2.45, 2.75) is 50.2 Å². The van der Waals surface area contributed by atoms with E-state index in [1.165, 1.54) is 6.92 Å². The summed E-state index contributed by atoms with van der Waals surface area (Å²) in [7, 11) is 0. The van der Waals surface area contributed by atoms with Crippen LogP contribution in [0.25, 0.3) is 0 Å². The van der Waals surface area contributed by atoms with Crippen LogP contribution in [0.3, 0.4) is 0 Å². The number of carboxylic acids is 1. The van der Waals surface area contributed by atoms with Gasteiger partial charge in [-0.2, -0.15) is 12.6 Å². The first-order valence-electron chi connectivity index (χ1n) is 7.93. The van der Waals surface area contributed by atoms with E-state index >= 15 is 0 Å². The lowest BCUT2D eigenvalue weighted by Crippen LogP contribution is -2.61. The number of rotatable bonds is 11. The Morgan fingerprint density at radius 2 is 1.41 bits per heavy atom. The van der Waals surface area contributed by atoms with E-state index in [1.54, 1.807) is 0 Å². The van der Waals surface area contributed by atoms with E-state index in [-0.39, 0.29) is 5.75 Å². The summed E-state index contributed by atoms with van der Waals surface area (Å²) < 4.78 is 0. The van der Waals surface area contributed by atoms with Crippen LogP contribution >= 0.6 is 12.6 Å². The Kier molecular flexibility index (Phi) is 10.9. The highest BCUT2D eigenvalue weighted by atomic mass is 32.1. The second kappa shape index (κ2) is 11.7. The number of thiol groups is 1. The second-order valence-corrected chi connectivity index (χ2v) is 6.19. The number of hydrogen-bond acceptors (Lipinski definition) is 9. The van der Waals surface area contributed by atoms with Crippen molar-refractivity contribution in [1.82, 2.24) is 16.0 Å². The lowest BCUT2D eigenvalue weighted by molar-refractivity contribution is -0.146. The molecule has 0 rings (SSSR count). The Labute approximate surface area is 160 Å². The molecule has 0 aliphatic carbocycles. The van der Waals surface area contributed by atoms with Crippen LogP contribution in [0.2, 0.25) is 0 Å². The maximum atomic E-state index is 12.3. The monoisotopic (exact) mass is 410 g/mol. The number of carbonyl (C=O) groups is 4. The van der Waals surface area contributed by atoms with E-state index in [0.29, 0.717) is 0 Å². The number of aliphatic hydroxyl groups excluding tert-OH is 3. The first-order valence-corrected chi connectivity index (χ1v) is 8.56. The molecule has 0 aromatic rings. The molecular weight excluding hydrogens is 384 g/mol. The third kappa shape index (κ3) is 8.09. The number of nitrogens with two attached hydrogens (primary N) is 1. The summed E-state index contributed by atoms with van der Waals surface area (Å²) in [6.45, 7) is 1.67. The average molecular weight is 410 g/mol. The highest BCUT2D eigenvalue weighted by Crippen LogP contribution is 2.00. The van der Waals surface area contributed by atoms with Crippen molar-refractivity contribution in [3.05, 3.63) is 0 Å². The van der Waals surface area contributed by atoms with Crippen LogP contribution in [0.5, 0.6) is 0 Å². The molecule has 0 aliphatic heterocycles. The molecule has 0 saturated carbocycles. The molecule has 0 aromatic heterocycles. The molecule has 0 heterocycles. The minimum absolute atomic E-state index is 0.185. The van der Waals surface area contributed by atoms with Crippen molar-refractivity contribution >= 4 is 36.3 Å². The quantitative estimate of drug-likeness (QED) is 0.150. The SMILES string of the molecule is CC(O)C(NC(=O)C(NC(=O)C(CS)NC(=O)C(N)CO)C(C)O)C(=O)O. The predicted octanol–water partition coefficient (Wildman–Crippen LogP) is -4.46. The molecule has 156 valence electrons. The van der Waals surface area contributed by atoms with E-state index in [4.69, 9.17) is 15.9 Å². The van der Waals surface area contributed by atoms with Crippen LogP contribution in [0, 0.1) is 0 Å². The Bertz CT molecular complexity index is 545. The fourth-order valence-electron chi connectivity index (χ4n) is 1.85. The van der Waals surface area contributed by atoms with Crippen molar-refractivity contribution in [1.29, 1.82) is 0 Å². The first kappa shape index (κ1) is 25.1. The largest absolute Gasteiger partial charge is 0.480 e. The molecule has 3 amide bonds. The van der Waals surface area contributed by atoms with Gasteiger partial charge in [0.15, 0.2) is 6.04 Å². The van der Waals surface area contributed by atoms with Gasteiger partial charge in [-0.3, -0.25) is 14.4 Å². The molecule has 27 heavy (non-hydrogen) atoms. The first-order chi connectivity index (χ1) is 12.5. The summed E-state index contributed by atoms with van der Waals surface area (Å²) >= 11 is 3.91. The van der Waals surface area contributed by atoms with Crippen molar-refractivity contribution in [3.63, 3.8) is 0 Å². The number of hydrogen-bond donors (Lipinski definition) is 9. The molecule has 12 nitrogen and oxygen atoms in total. The van der Waals surface area contributed by atoms with E-state index < -0.39 is 66.7 Å². The van der Waals surface area contributed by atoms with Crippen LogP contribution in [0.15, 0.2) is 0 Å². The number of aliphatic carboxylic acids is 1. The van der Waals surface area contributed by atoms with Crippen LogP contribution in [-0.4, -0.2) is 92.9 Å². The number of aliphatic hydroxyl groups is 3. The summed E-state index contributed by atoms with van der Waals surface area (Å²) in [6, 6.07) is -5.72. The molecule has 0 saturated heterocycles. The van der Waals surface area contributed by atoms with Gasteiger partial charge in [0.25, 0.3) is 0 Å². The van der Waals surface area contributed by atoms with Gasteiger partial charge in [-0.25, -0.2) is 4.79 Å². The molecule has 0 aliphatic rings. The van der Waals surface area contributed by atoms with E-state index in [2.05, 4.69) is 23.3 Å². The second-order valence-electron chi connectivity index (χ2n) is 5.82. The maximum absolute atomic E-state index is 12.3. The van der Waals surface area contributed by atoms with Gasteiger partial charge in [0, 0.05) is 5.75 Å². The molecule has 9 N–H and O–H groups in total. The molecule has 13 heteroatoms. The van der Waals surface area contributed by atoms with Gasteiger partial charge in [-0.1, -0.05) is 0 Å². The summed E-state index contributed by atoms with van der Waals surface area (Å²) in [5, 5.41) is 43.3. The Morgan fingerprint density at radius 1 is 0.926 bits per heavy atom. The van der Waals surface area contributed by atoms with Gasteiger partial charge in [-0.05, 0) is 13.8 Å². The van der Waals surface area contributed by atoms with Gasteiger partial charge >= 0.3 is 5.97 Å². The molecule has 6 atom stereocenters. The van der Waals surface area contributed by atoms with Crippen molar-refractivity contribution < 1.29 is 39.6 Å². The average Bonchev–Trinajstić information content (AvgIpc) is 2.59. The smallest absolute Gasteiger partial charge is 0.328 e. The number of carboxylic acid groups (broad SMARTS) is 1. The summed E-state index contributed by atoms with van der Waals surface area (Å²) in [6.07, 6.45) is -2.85. The standard InChI is InChI=1S/C14H26N4O8S/c1-5(20)9(13(24)18-10(6(2)21)14(25)26)17-12(23)8(4-27)16-11(22)7(15)3-19/h5-10,19-21,27H,3-4,15H2,1-2H3,(H,16,22)(H,17,23)(H,18,24)(H,25,26). The van der Waals surface area contributed by atoms with Gasteiger partial charge in [-0.15, -0.1) is 0 Å². The number of nitrogens with one attached hydrogen (secondary N) is 3. The Morgan fingerprint density at radius 3 is 1.78 bits per heavy atom.